The normalized spacial score (nSPS) is 11.1. The molecule has 0 spiro atoms. The van der Waals surface area contributed by atoms with Crippen LogP contribution in [-0.2, 0) is 0 Å². The van der Waals surface area contributed by atoms with E-state index in [1.54, 1.807) is 22.6 Å². The average molecular weight is 348 g/mol. The van der Waals surface area contributed by atoms with E-state index in [1.165, 1.54) is 26.4 Å². The van der Waals surface area contributed by atoms with Crippen LogP contribution >= 0.6 is 22.6 Å². The van der Waals surface area contributed by atoms with Gasteiger partial charge in [-0.15, -0.1) is 13.2 Å². The second-order valence-electron chi connectivity index (χ2n) is 2.66. The van der Waals surface area contributed by atoms with Gasteiger partial charge in [0.1, 0.15) is 0 Å². The van der Waals surface area contributed by atoms with Crippen LogP contribution in [0.15, 0.2) is 12.1 Å². The highest BCUT2D eigenvalue weighted by Crippen LogP contribution is 2.42. The molecule has 1 aromatic carbocycles. The van der Waals surface area contributed by atoms with Crippen molar-refractivity contribution >= 4 is 22.6 Å². The number of benzene rings is 1. The van der Waals surface area contributed by atoms with Gasteiger partial charge in [-0.3, -0.25) is 0 Å². The lowest BCUT2D eigenvalue weighted by Gasteiger charge is -2.16. The Morgan fingerprint density at radius 2 is 1.69 bits per heavy atom. The maximum atomic E-state index is 12.2. The van der Waals surface area contributed by atoms with Gasteiger partial charge in [0, 0.05) is 0 Å². The molecule has 0 radical (unpaired) electrons. The molecule has 3 nitrogen and oxygen atoms in total. The average Bonchev–Trinajstić information content (AvgIpc) is 2.19. The second-order valence-corrected chi connectivity index (χ2v) is 3.82. The summed E-state index contributed by atoms with van der Waals surface area (Å²) < 4.78 is 50.3. The first-order valence-corrected chi connectivity index (χ1v) is 5.13. The van der Waals surface area contributed by atoms with E-state index in [2.05, 4.69) is 4.74 Å². The molecule has 7 heteroatoms. The Bertz CT molecular complexity index is 379. The van der Waals surface area contributed by atoms with Gasteiger partial charge in [-0.1, -0.05) is 0 Å². The Morgan fingerprint density at radius 1 is 1.06 bits per heavy atom. The number of hydrogen-bond donors (Lipinski definition) is 0. The zero-order valence-electron chi connectivity index (χ0n) is 8.39. The number of methoxy groups -OCH3 is 2. The van der Waals surface area contributed by atoms with Crippen LogP contribution in [0.25, 0.3) is 0 Å². The number of rotatable bonds is 3. The van der Waals surface area contributed by atoms with Crippen LogP contribution in [0.5, 0.6) is 17.2 Å². The Labute approximate surface area is 104 Å². The van der Waals surface area contributed by atoms with Crippen molar-refractivity contribution in [1.29, 1.82) is 0 Å². The lowest BCUT2D eigenvalue weighted by atomic mass is 10.3. The van der Waals surface area contributed by atoms with Gasteiger partial charge in [0.15, 0.2) is 11.5 Å². The molecule has 0 unspecified atom stereocenters. The third-order valence-corrected chi connectivity index (χ3v) is 2.52. The molecule has 0 aliphatic carbocycles. The lowest BCUT2D eigenvalue weighted by Crippen LogP contribution is -2.18. The van der Waals surface area contributed by atoms with Gasteiger partial charge >= 0.3 is 6.36 Å². The molecule has 0 fully saturated rings. The van der Waals surface area contributed by atoms with Crippen LogP contribution in [0.1, 0.15) is 0 Å². The van der Waals surface area contributed by atoms with E-state index in [-0.39, 0.29) is 15.1 Å². The molecule has 0 saturated carbocycles. The first kappa shape index (κ1) is 13.2. The van der Waals surface area contributed by atoms with Crippen LogP contribution in [0.3, 0.4) is 0 Å². The highest BCUT2D eigenvalue weighted by molar-refractivity contribution is 14.1. The molecular weight excluding hydrogens is 340 g/mol. The van der Waals surface area contributed by atoms with Crippen molar-refractivity contribution in [2.45, 2.75) is 6.36 Å². The molecule has 0 heterocycles. The fourth-order valence-electron chi connectivity index (χ4n) is 1.09. The van der Waals surface area contributed by atoms with Gasteiger partial charge < -0.3 is 14.2 Å². The number of hydrogen-bond acceptors (Lipinski definition) is 3. The summed E-state index contributed by atoms with van der Waals surface area (Å²) in [6.07, 6.45) is -4.76. The standard InChI is InChI=1S/C9H8F3IO3/c1-14-6-4-3-5(13)7(8(6)15-2)16-9(10,11)12/h3-4H,1-2H3. The van der Waals surface area contributed by atoms with Gasteiger partial charge in [-0.2, -0.15) is 0 Å². The quantitative estimate of drug-likeness (QED) is 0.786. The topological polar surface area (TPSA) is 27.7 Å². The van der Waals surface area contributed by atoms with E-state index < -0.39 is 12.1 Å². The molecule has 0 bridgehead atoms. The third kappa shape index (κ3) is 3.06. The predicted octanol–water partition coefficient (Wildman–Crippen LogP) is 3.21. The van der Waals surface area contributed by atoms with E-state index in [0.717, 1.165) is 0 Å². The Balaban J connectivity index is 3.23. The molecule has 0 aliphatic rings. The summed E-state index contributed by atoms with van der Waals surface area (Å²) in [5.74, 6) is -0.288. The summed E-state index contributed by atoms with van der Waals surface area (Å²) in [5, 5.41) is 0. The van der Waals surface area contributed by atoms with Crippen molar-refractivity contribution in [2.24, 2.45) is 0 Å². The Hall–Kier alpha value is -0.860. The first-order valence-electron chi connectivity index (χ1n) is 4.05. The number of ether oxygens (including phenoxy) is 3. The molecule has 0 aromatic heterocycles. The van der Waals surface area contributed by atoms with E-state index in [4.69, 9.17) is 9.47 Å². The van der Waals surface area contributed by atoms with Gasteiger partial charge in [-0.05, 0) is 34.7 Å². The van der Waals surface area contributed by atoms with Crippen LogP contribution in [-0.4, -0.2) is 20.6 Å². The second kappa shape index (κ2) is 4.98. The summed E-state index contributed by atoms with van der Waals surface area (Å²) >= 11 is 1.72. The maximum Gasteiger partial charge on any atom is 0.573 e. The lowest BCUT2D eigenvalue weighted by molar-refractivity contribution is -0.275. The molecule has 0 atom stereocenters. The van der Waals surface area contributed by atoms with Crippen LogP contribution < -0.4 is 14.2 Å². The monoisotopic (exact) mass is 348 g/mol. The Morgan fingerprint density at radius 3 is 2.12 bits per heavy atom. The predicted molar refractivity (Wildman–Crippen MR) is 58.9 cm³/mol. The minimum atomic E-state index is -4.76. The van der Waals surface area contributed by atoms with Gasteiger partial charge in [-0.25, -0.2) is 0 Å². The first-order chi connectivity index (χ1) is 7.39. The molecule has 1 aromatic rings. The summed E-state index contributed by atoms with van der Waals surface area (Å²) in [5.41, 5.74) is 0. The van der Waals surface area contributed by atoms with Crippen molar-refractivity contribution in [3.63, 3.8) is 0 Å². The Kier molecular flexibility index (Phi) is 4.11. The molecular formula is C9H8F3IO3. The SMILES string of the molecule is COc1ccc(I)c(OC(F)(F)F)c1OC. The fraction of sp³-hybridized carbons (Fsp3) is 0.333. The summed E-state index contributed by atoms with van der Waals surface area (Å²) in [7, 11) is 2.58. The summed E-state index contributed by atoms with van der Waals surface area (Å²) in [4.78, 5) is 0. The largest absolute Gasteiger partial charge is 0.573 e. The van der Waals surface area contributed by atoms with Gasteiger partial charge in [0.2, 0.25) is 5.75 Å². The van der Waals surface area contributed by atoms with Crippen molar-refractivity contribution in [3.8, 4) is 17.2 Å². The number of alkyl halides is 3. The van der Waals surface area contributed by atoms with E-state index >= 15 is 0 Å². The minimum absolute atomic E-state index is 0.0771. The van der Waals surface area contributed by atoms with E-state index in [1.807, 2.05) is 0 Å². The molecule has 0 N–H and O–H groups in total. The van der Waals surface area contributed by atoms with Crippen LogP contribution in [0.2, 0.25) is 0 Å². The minimum Gasteiger partial charge on any atom is -0.493 e. The molecule has 1 rings (SSSR count). The molecule has 0 amide bonds. The maximum absolute atomic E-state index is 12.2. The van der Waals surface area contributed by atoms with E-state index in [9.17, 15) is 13.2 Å². The van der Waals surface area contributed by atoms with E-state index in [0.29, 0.717) is 0 Å². The smallest absolute Gasteiger partial charge is 0.493 e. The van der Waals surface area contributed by atoms with Crippen molar-refractivity contribution in [1.82, 2.24) is 0 Å². The molecule has 16 heavy (non-hydrogen) atoms. The highest BCUT2D eigenvalue weighted by atomic mass is 127. The van der Waals surface area contributed by atoms with Crippen molar-refractivity contribution in [2.75, 3.05) is 14.2 Å². The highest BCUT2D eigenvalue weighted by Gasteiger charge is 2.34. The summed E-state index contributed by atoms with van der Waals surface area (Å²) in [6, 6.07) is 2.95. The van der Waals surface area contributed by atoms with Crippen molar-refractivity contribution in [3.05, 3.63) is 15.7 Å². The molecule has 0 saturated heterocycles. The zero-order valence-corrected chi connectivity index (χ0v) is 10.5. The zero-order chi connectivity index (χ0) is 12.3. The van der Waals surface area contributed by atoms with Crippen LogP contribution in [0, 0.1) is 3.57 Å². The summed E-state index contributed by atoms with van der Waals surface area (Å²) in [6.45, 7) is 0. The molecule has 90 valence electrons. The molecule has 0 aliphatic heterocycles. The van der Waals surface area contributed by atoms with Gasteiger partial charge in [0.25, 0.3) is 0 Å². The van der Waals surface area contributed by atoms with Crippen LogP contribution in [0.4, 0.5) is 13.2 Å². The fourth-order valence-corrected chi connectivity index (χ4v) is 1.62. The van der Waals surface area contributed by atoms with Crippen molar-refractivity contribution < 1.29 is 27.4 Å². The number of halogens is 4. The van der Waals surface area contributed by atoms with Gasteiger partial charge in [0.05, 0.1) is 17.8 Å². The third-order valence-electron chi connectivity index (χ3n) is 1.67.